The predicted molar refractivity (Wildman–Crippen MR) is 72.9 cm³/mol. The highest BCUT2D eigenvalue weighted by Gasteiger charge is 2.37. The molecule has 0 radical (unpaired) electrons. The fraction of sp³-hybridized carbons (Fsp3) is 0.636. The highest BCUT2D eigenvalue weighted by molar-refractivity contribution is 7.89. The highest BCUT2D eigenvalue weighted by Crippen LogP contribution is 2.26. The van der Waals surface area contributed by atoms with E-state index in [1.54, 1.807) is 14.0 Å². The number of carbonyl (C=O) groups is 1. The van der Waals surface area contributed by atoms with Gasteiger partial charge in [-0.1, -0.05) is 0 Å². The molecule has 1 aromatic rings. The number of nitrogens with zero attached hydrogens (tertiary/aromatic N) is 3. The Kier molecular flexibility index (Phi) is 4.21. The van der Waals surface area contributed by atoms with Crippen LogP contribution in [-0.4, -0.2) is 61.4 Å². The van der Waals surface area contributed by atoms with Crippen LogP contribution in [0.5, 0.6) is 0 Å². The van der Waals surface area contributed by atoms with Crippen LogP contribution in [-0.2, 0) is 31.3 Å². The third-order valence-corrected chi connectivity index (χ3v) is 5.43. The average molecular weight is 318 g/mol. The average Bonchev–Trinajstić information content (AvgIpc) is 2.71. The number of aromatic nitrogens is 2. The first-order valence-corrected chi connectivity index (χ1v) is 7.71. The number of hydrogen-bond acceptors (Lipinski definition) is 7. The van der Waals surface area contributed by atoms with Crippen LogP contribution >= 0.6 is 0 Å². The maximum absolute atomic E-state index is 12.7. The molecule has 2 rings (SSSR count). The van der Waals surface area contributed by atoms with Crippen molar-refractivity contribution in [3.8, 4) is 0 Å². The number of aryl methyl sites for hydroxylation is 1. The largest absolute Gasteiger partial charge is 0.467 e. The van der Waals surface area contributed by atoms with Crippen LogP contribution in [0.2, 0.25) is 0 Å². The first-order chi connectivity index (χ1) is 9.78. The molecule has 1 aliphatic heterocycles. The number of anilines is 1. The van der Waals surface area contributed by atoms with E-state index in [1.165, 1.54) is 16.1 Å². The zero-order chi connectivity index (χ0) is 15.8. The molecule has 0 saturated carbocycles. The minimum Gasteiger partial charge on any atom is -0.467 e. The predicted octanol–water partition coefficient (Wildman–Crippen LogP) is -1.13. The SMILES string of the molecule is COC(=O)C1CN(S(=O)(=O)c2c(N)nn(C)c2C)CCO1. The molecule has 0 aromatic carbocycles. The third kappa shape index (κ3) is 2.74. The van der Waals surface area contributed by atoms with Crippen LogP contribution in [0.4, 0.5) is 5.82 Å². The topological polar surface area (TPSA) is 117 Å². The molecule has 1 aromatic heterocycles. The maximum Gasteiger partial charge on any atom is 0.336 e. The zero-order valence-corrected chi connectivity index (χ0v) is 12.9. The van der Waals surface area contributed by atoms with Gasteiger partial charge < -0.3 is 15.2 Å². The Hall–Kier alpha value is -1.65. The van der Waals surface area contributed by atoms with E-state index in [1.807, 2.05) is 0 Å². The van der Waals surface area contributed by atoms with E-state index in [4.69, 9.17) is 10.5 Å². The van der Waals surface area contributed by atoms with Crippen LogP contribution < -0.4 is 5.73 Å². The van der Waals surface area contributed by atoms with Gasteiger partial charge in [0.2, 0.25) is 10.0 Å². The van der Waals surface area contributed by atoms with Gasteiger partial charge in [0, 0.05) is 13.6 Å². The minimum absolute atomic E-state index is 0.0319. The van der Waals surface area contributed by atoms with Gasteiger partial charge in [0.25, 0.3) is 0 Å². The number of rotatable bonds is 3. The van der Waals surface area contributed by atoms with E-state index in [2.05, 4.69) is 9.84 Å². The van der Waals surface area contributed by atoms with Crippen LogP contribution in [0, 0.1) is 6.92 Å². The molecule has 1 saturated heterocycles. The Morgan fingerprint density at radius 1 is 1.52 bits per heavy atom. The molecule has 0 amide bonds. The van der Waals surface area contributed by atoms with E-state index in [0.717, 1.165) is 0 Å². The van der Waals surface area contributed by atoms with E-state index < -0.39 is 22.1 Å². The van der Waals surface area contributed by atoms with E-state index in [-0.39, 0.29) is 30.4 Å². The zero-order valence-electron chi connectivity index (χ0n) is 12.1. The number of carbonyl (C=O) groups excluding carboxylic acids is 1. The van der Waals surface area contributed by atoms with Crippen LogP contribution in [0.15, 0.2) is 4.90 Å². The molecule has 0 aliphatic carbocycles. The Morgan fingerprint density at radius 3 is 2.71 bits per heavy atom. The monoisotopic (exact) mass is 318 g/mol. The lowest BCUT2D eigenvalue weighted by atomic mass is 10.3. The second kappa shape index (κ2) is 5.62. The van der Waals surface area contributed by atoms with Gasteiger partial charge in [-0.05, 0) is 6.92 Å². The van der Waals surface area contributed by atoms with Crippen molar-refractivity contribution in [3.05, 3.63) is 5.69 Å². The number of nitrogen functional groups attached to an aromatic ring is 1. The summed E-state index contributed by atoms with van der Waals surface area (Å²) in [5.41, 5.74) is 6.13. The molecule has 2 heterocycles. The van der Waals surface area contributed by atoms with E-state index in [0.29, 0.717) is 5.69 Å². The summed E-state index contributed by atoms with van der Waals surface area (Å²) >= 11 is 0. The fourth-order valence-corrected chi connectivity index (χ4v) is 3.90. The Labute approximate surface area is 122 Å². The smallest absolute Gasteiger partial charge is 0.336 e. The van der Waals surface area contributed by atoms with Crippen molar-refractivity contribution in [2.45, 2.75) is 17.9 Å². The fourth-order valence-electron chi connectivity index (χ4n) is 2.18. The Bertz CT molecular complexity index is 654. The first kappa shape index (κ1) is 15.7. The number of sulfonamides is 1. The van der Waals surface area contributed by atoms with Gasteiger partial charge in [0.05, 0.1) is 26.0 Å². The molecular weight excluding hydrogens is 300 g/mol. The molecule has 21 heavy (non-hydrogen) atoms. The van der Waals surface area contributed by atoms with Gasteiger partial charge >= 0.3 is 5.97 Å². The van der Waals surface area contributed by atoms with E-state index in [9.17, 15) is 13.2 Å². The summed E-state index contributed by atoms with van der Waals surface area (Å²) in [7, 11) is -1.00. The lowest BCUT2D eigenvalue weighted by molar-refractivity contribution is -0.157. The van der Waals surface area contributed by atoms with Crippen molar-refractivity contribution < 1.29 is 22.7 Å². The number of ether oxygens (including phenoxy) is 2. The maximum atomic E-state index is 12.7. The lowest BCUT2D eigenvalue weighted by Gasteiger charge is -2.30. The van der Waals surface area contributed by atoms with Gasteiger partial charge in [-0.3, -0.25) is 4.68 Å². The summed E-state index contributed by atoms with van der Waals surface area (Å²) in [6.07, 6.45) is -0.934. The molecule has 0 spiro atoms. The molecule has 9 nitrogen and oxygen atoms in total. The number of esters is 1. The van der Waals surface area contributed by atoms with Crippen molar-refractivity contribution in [2.24, 2.45) is 7.05 Å². The first-order valence-electron chi connectivity index (χ1n) is 6.27. The van der Waals surface area contributed by atoms with Crippen LogP contribution in [0.3, 0.4) is 0 Å². The summed E-state index contributed by atoms with van der Waals surface area (Å²) in [4.78, 5) is 11.5. The molecule has 1 atom stereocenters. The second-order valence-corrected chi connectivity index (χ2v) is 6.54. The highest BCUT2D eigenvalue weighted by atomic mass is 32.2. The lowest BCUT2D eigenvalue weighted by Crippen LogP contribution is -2.48. The minimum atomic E-state index is -3.84. The molecule has 1 aliphatic rings. The molecule has 10 heteroatoms. The quantitative estimate of drug-likeness (QED) is 0.701. The van der Waals surface area contributed by atoms with Crippen LogP contribution in [0.25, 0.3) is 0 Å². The van der Waals surface area contributed by atoms with Gasteiger partial charge in [-0.25, -0.2) is 13.2 Å². The molecule has 1 fully saturated rings. The molecule has 118 valence electrons. The van der Waals surface area contributed by atoms with Gasteiger partial charge in [-0.2, -0.15) is 9.40 Å². The summed E-state index contributed by atoms with van der Waals surface area (Å²) in [6, 6.07) is 0. The van der Waals surface area contributed by atoms with Crippen molar-refractivity contribution in [2.75, 3.05) is 32.5 Å². The van der Waals surface area contributed by atoms with Gasteiger partial charge in [0.1, 0.15) is 4.90 Å². The van der Waals surface area contributed by atoms with Gasteiger partial charge in [0.15, 0.2) is 11.9 Å². The Morgan fingerprint density at radius 2 is 2.19 bits per heavy atom. The molecular formula is C11H18N4O5S. The molecule has 1 unspecified atom stereocenters. The number of hydrogen-bond donors (Lipinski definition) is 1. The standard InChI is InChI=1S/C11H18N4O5S/c1-7-9(10(12)13-14(7)2)21(17,18)15-4-5-20-8(6-15)11(16)19-3/h8H,4-6H2,1-3H3,(H2,12,13). The van der Waals surface area contributed by atoms with Crippen molar-refractivity contribution >= 4 is 21.8 Å². The summed E-state index contributed by atoms with van der Waals surface area (Å²) in [5, 5.41) is 3.91. The number of methoxy groups -OCH3 is 1. The summed E-state index contributed by atoms with van der Waals surface area (Å²) < 4.78 is 37.7. The van der Waals surface area contributed by atoms with E-state index >= 15 is 0 Å². The van der Waals surface area contributed by atoms with Crippen LogP contribution in [0.1, 0.15) is 5.69 Å². The summed E-state index contributed by atoms with van der Waals surface area (Å²) in [6.45, 7) is 1.76. The Balaban J connectivity index is 2.33. The molecule has 0 bridgehead atoms. The van der Waals surface area contributed by atoms with Gasteiger partial charge in [-0.15, -0.1) is 0 Å². The normalized spacial score (nSPS) is 20.4. The van der Waals surface area contributed by atoms with Crippen molar-refractivity contribution in [1.29, 1.82) is 0 Å². The number of nitrogens with two attached hydrogens (primary N) is 1. The molecule has 2 N–H and O–H groups in total. The van der Waals surface area contributed by atoms with Crippen molar-refractivity contribution in [3.63, 3.8) is 0 Å². The van der Waals surface area contributed by atoms with Crippen molar-refractivity contribution in [1.82, 2.24) is 14.1 Å². The summed E-state index contributed by atoms with van der Waals surface area (Å²) in [5.74, 6) is -0.665. The third-order valence-electron chi connectivity index (χ3n) is 3.40. The second-order valence-electron chi connectivity index (χ2n) is 4.67. The number of morpholine rings is 1.